The fraction of sp³-hybridized carbons (Fsp3) is 0.364. The molecule has 0 aliphatic heterocycles. The van der Waals surface area contributed by atoms with Gasteiger partial charge >= 0.3 is 0 Å². The van der Waals surface area contributed by atoms with Gasteiger partial charge in [0.05, 0.1) is 17.0 Å². The third-order valence-electron chi connectivity index (χ3n) is 2.37. The lowest BCUT2D eigenvalue weighted by Crippen LogP contribution is -2.19. The number of isothiocyanates is 1. The van der Waals surface area contributed by atoms with Gasteiger partial charge in [-0.1, -0.05) is 23.3 Å². The van der Waals surface area contributed by atoms with Gasteiger partial charge in [0.25, 0.3) is 0 Å². The summed E-state index contributed by atoms with van der Waals surface area (Å²) in [4.78, 5) is 6.39. The number of aliphatic imine (C=N–C) groups is 1. The molecular weight excluding hydrogens is 252 g/mol. The monoisotopic (exact) mass is 264 g/mol. The highest BCUT2D eigenvalue weighted by Crippen LogP contribution is 2.28. The number of para-hydroxylation sites is 1. The summed E-state index contributed by atoms with van der Waals surface area (Å²) in [5.74, 6) is 0. The van der Waals surface area contributed by atoms with Crippen LogP contribution < -0.4 is 0 Å². The van der Waals surface area contributed by atoms with E-state index in [2.05, 4.69) is 32.4 Å². The number of thiocarbonyl (C=S) groups is 1. The Balaban J connectivity index is 2.85. The topological polar surface area (TPSA) is 102 Å². The largest absolute Gasteiger partial charge is 0.390 e. The summed E-state index contributed by atoms with van der Waals surface area (Å²) in [5.41, 5.74) is 9.05. The van der Waals surface area contributed by atoms with E-state index < -0.39 is 12.2 Å². The minimum absolute atomic E-state index is 0.118. The summed E-state index contributed by atoms with van der Waals surface area (Å²) in [5, 5.41) is 25.3. The Morgan fingerprint density at radius 2 is 2.11 bits per heavy atom. The van der Waals surface area contributed by atoms with Crippen molar-refractivity contribution in [3.8, 4) is 0 Å². The summed E-state index contributed by atoms with van der Waals surface area (Å²) in [6, 6.07) is 6.78. The Bertz CT molecular complexity index is 496. The van der Waals surface area contributed by atoms with Crippen LogP contribution in [0.2, 0.25) is 0 Å². The Morgan fingerprint density at radius 1 is 1.39 bits per heavy atom. The summed E-state index contributed by atoms with van der Waals surface area (Å²) >= 11 is 4.52. The minimum atomic E-state index is -1.11. The van der Waals surface area contributed by atoms with Crippen LogP contribution in [-0.4, -0.2) is 28.0 Å². The second kappa shape index (κ2) is 7.55. The van der Waals surface area contributed by atoms with Gasteiger partial charge in [0, 0.05) is 17.0 Å². The van der Waals surface area contributed by atoms with Crippen molar-refractivity contribution in [1.29, 1.82) is 0 Å². The molecule has 1 aromatic rings. The second-order valence-electron chi connectivity index (χ2n) is 3.52. The van der Waals surface area contributed by atoms with Gasteiger partial charge in [0.2, 0.25) is 0 Å². The van der Waals surface area contributed by atoms with Crippen LogP contribution in [-0.2, 0) is 0 Å². The molecule has 6 nitrogen and oxygen atoms in total. The third kappa shape index (κ3) is 3.92. The molecule has 2 N–H and O–H groups in total. The van der Waals surface area contributed by atoms with E-state index in [1.165, 1.54) is 0 Å². The van der Waals surface area contributed by atoms with Gasteiger partial charge in [-0.15, -0.1) is 0 Å². The average Bonchev–Trinajstić information content (AvgIpc) is 2.39. The zero-order valence-corrected chi connectivity index (χ0v) is 10.3. The third-order valence-corrected chi connectivity index (χ3v) is 2.47. The van der Waals surface area contributed by atoms with Crippen LogP contribution >= 0.6 is 12.2 Å². The number of benzene rings is 1. The maximum absolute atomic E-state index is 9.99. The maximum atomic E-state index is 9.99. The Kier molecular flexibility index (Phi) is 6.00. The molecule has 0 saturated heterocycles. The van der Waals surface area contributed by atoms with Crippen LogP contribution in [0.3, 0.4) is 0 Å². The Morgan fingerprint density at radius 3 is 2.78 bits per heavy atom. The van der Waals surface area contributed by atoms with E-state index in [1.54, 1.807) is 24.3 Å². The van der Waals surface area contributed by atoms with Crippen molar-refractivity contribution in [2.75, 3.05) is 6.54 Å². The lowest BCUT2D eigenvalue weighted by molar-refractivity contribution is 0.0154. The molecule has 0 heterocycles. The van der Waals surface area contributed by atoms with Gasteiger partial charge in [-0.05, 0) is 30.2 Å². The first-order valence-electron chi connectivity index (χ1n) is 5.24. The molecule has 0 bridgehead atoms. The normalized spacial score (nSPS) is 13.0. The summed E-state index contributed by atoms with van der Waals surface area (Å²) < 4.78 is 0. The smallest absolute Gasteiger partial charge is 0.107 e. The molecular formula is C11H12N4O2S. The molecule has 0 radical (unpaired) electrons. The summed E-state index contributed by atoms with van der Waals surface area (Å²) in [6.07, 6.45) is -1.97. The van der Waals surface area contributed by atoms with Crippen LogP contribution in [0.15, 0.2) is 34.4 Å². The first kappa shape index (κ1) is 14.3. The Labute approximate surface area is 109 Å². The van der Waals surface area contributed by atoms with Crippen LogP contribution in [0.5, 0.6) is 0 Å². The van der Waals surface area contributed by atoms with Crippen LogP contribution in [0.1, 0.15) is 18.1 Å². The molecule has 1 rings (SSSR count). The van der Waals surface area contributed by atoms with E-state index in [1.807, 2.05) is 0 Å². The van der Waals surface area contributed by atoms with Crippen LogP contribution in [0.4, 0.5) is 5.69 Å². The predicted molar refractivity (Wildman–Crippen MR) is 70.7 cm³/mol. The first-order valence-corrected chi connectivity index (χ1v) is 5.65. The standard InChI is InChI=1S/C11H12N4O2S/c12-15-14-6-5-10(16)11(17)8-3-1-2-4-9(8)13-7-18/h1-4,10-11,16-17H,5-6H2. The highest BCUT2D eigenvalue weighted by Gasteiger charge is 2.20. The van der Waals surface area contributed by atoms with E-state index >= 15 is 0 Å². The minimum Gasteiger partial charge on any atom is -0.390 e. The van der Waals surface area contributed by atoms with E-state index in [-0.39, 0.29) is 13.0 Å². The van der Waals surface area contributed by atoms with Crippen LogP contribution in [0.25, 0.3) is 10.4 Å². The molecule has 2 unspecified atom stereocenters. The van der Waals surface area contributed by atoms with Crippen molar-refractivity contribution >= 4 is 23.1 Å². The molecule has 2 atom stereocenters. The van der Waals surface area contributed by atoms with Crippen LogP contribution in [0, 0.1) is 0 Å². The van der Waals surface area contributed by atoms with E-state index in [9.17, 15) is 10.2 Å². The lowest BCUT2D eigenvalue weighted by atomic mass is 10.0. The van der Waals surface area contributed by atoms with Gasteiger partial charge in [-0.2, -0.15) is 4.99 Å². The highest BCUT2D eigenvalue weighted by atomic mass is 32.1. The zero-order valence-electron chi connectivity index (χ0n) is 9.47. The quantitative estimate of drug-likeness (QED) is 0.271. The van der Waals surface area contributed by atoms with E-state index in [4.69, 9.17) is 5.53 Å². The van der Waals surface area contributed by atoms with Crippen molar-refractivity contribution in [3.05, 3.63) is 40.3 Å². The van der Waals surface area contributed by atoms with Crippen molar-refractivity contribution < 1.29 is 10.2 Å². The average molecular weight is 264 g/mol. The zero-order chi connectivity index (χ0) is 13.4. The van der Waals surface area contributed by atoms with Gasteiger partial charge in [0.15, 0.2) is 0 Å². The number of aliphatic hydroxyl groups excluding tert-OH is 2. The fourth-order valence-corrected chi connectivity index (χ4v) is 1.59. The maximum Gasteiger partial charge on any atom is 0.107 e. The van der Waals surface area contributed by atoms with Crippen molar-refractivity contribution in [3.63, 3.8) is 0 Å². The molecule has 0 saturated carbocycles. The first-order chi connectivity index (χ1) is 8.70. The number of hydrogen-bond donors (Lipinski definition) is 2. The lowest BCUT2D eigenvalue weighted by Gasteiger charge is -2.18. The number of aliphatic hydroxyl groups is 2. The molecule has 94 valence electrons. The fourth-order valence-electron chi connectivity index (χ4n) is 1.49. The molecule has 0 amide bonds. The van der Waals surface area contributed by atoms with Crippen molar-refractivity contribution in [2.45, 2.75) is 18.6 Å². The molecule has 18 heavy (non-hydrogen) atoms. The van der Waals surface area contributed by atoms with Gasteiger partial charge in [-0.3, -0.25) is 0 Å². The summed E-state index contributed by atoms with van der Waals surface area (Å²) in [7, 11) is 0. The van der Waals surface area contributed by atoms with Gasteiger partial charge in [-0.25, -0.2) is 0 Å². The summed E-state index contributed by atoms with van der Waals surface area (Å²) in [6.45, 7) is 0.118. The number of rotatable bonds is 6. The van der Waals surface area contributed by atoms with Gasteiger partial charge in [0.1, 0.15) is 6.10 Å². The number of hydrogen-bond acceptors (Lipinski definition) is 5. The Hall–Kier alpha value is -1.75. The van der Waals surface area contributed by atoms with Crippen molar-refractivity contribution in [1.82, 2.24) is 0 Å². The molecule has 1 aromatic carbocycles. The van der Waals surface area contributed by atoms with E-state index in [0.29, 0.717) is 11.3 Å². The number of nitrogens with zero attached hydrogens (tertiary/aromatic N) is 4. The second-order valence-corrected chi connectivity index (χ2v) is 3.70. The molecule has 0 aliphatic rings. The van der Waals surface area contributed by atoms with Crippen molar-refractivity contribution in [2.24, 2.45) is 10.1 Å². The highest BCUT2D eigenvalue weighted by molar-refractivity contribution is 7.78. The SMILES string of the molecule is [N-]=[N+]=NCCC(O)C(O)c1ccccc1N=C=S. The van der Waals surface area contributed by atoms with E-state index in [0.717, 1.165) is 0 Å². The molecule has 0 aromatic heterocycles. The van der Waals surface area contributed by atoms with Gasteiger partial charge < -0.3 is 10.2 Å². The number of azide groups is 1. The molecule has 7 heteroatoms. The predicted octanol–water partition coefficient (Wildman–Crippen LogP) is 2.52. The molecule has 0 aliphatic carbocycles. The molecule has 0 spiro atoms. The molecule has 0 fully saturated rings.